The quantitative estimate of drug-likeness (QED) is 0.251. The Morgan fingerprint density at radius 3 is 2.60 bits per heavy atom. The normalized spacial score (nSPS) is 10.7. The summed E-state index contributed by atoms with van der Waals surface area (Å²) < 4.78 is 0. The van der Waals surface area contributed by atoms with E-state index in [2.05, 4.69) is 27.0 Å². The lowest BCUT2D eigenvalue weighted by Gasteiger charge is -2.12. The summed E-state index contributed by atoms with van der Waals surface area (Å²) in [6.07, 6.45) is 0. The third-order valence-corrected chi connectivity index (χ3v) is 4.16. The number of benzene rings is 1. The van der Waals surface area contributed by atoms with Gasteiger partial charge in [0.25, 0.3) is 5.91 Å². The molecule has 7 heteroatoms. The molecule has 0 saturated carbocycles. The first-order valence-corrected chi connectivity index (χ1v) is 8.96. The lowest BCUT2D eigenvalue weighted by molar-refractivity contribution is 0.0954. The first-order valence-electron chi connectivity index (χ1n) is 8.08. The van der Waals surface area contributed by atoms with E-state index in [0.717, 1.165) is 18.1 Å². The number of hydrogen-bond acceptors (Lipinski definition) is 3. The van der Waals surface area contributed by atoms with Crippen LogP contribution < -0.4 is 16.0 Å². The van der Waals surface area contributed by atoms with E-state index in [1.165, 1.54) is 4.88 Å². The summed E-state index contributed by atoms with van der Waals surface area (Å²) in [4.78, 5) is 17.8. The van der Waals surface area contributed by atoms with Crippen LogP contribution >= 0.6 is 35.3 Å². The van der Waals surface area contributed by atoms with Gasteiger partial charge in [0.15, 0.2) is 5.96 Å². The molecule has 0 atom stereocenters. The topological polar surface area (TPSA) is 65.5 Å². The number of carbonyl (C=O) groups is 1. The van der Waals surface area contributed by atoms with E-state index in [1.807, 2.05) is 49.6 Å². The van der Waals surface area contributed by atoms with Gasteiger partial charge in [0.2, 0.25) is 0 Å². The van der Waals surface area contributed by atoms with Crippen LogP contribution in [0.25, 0.3) is 0 Å². The van der Waals surface area contributed by atoms with Crippen LogP contribution in [0.4, 0.5) is 0 Å². The molecule has 0 spiro atoms. The van der Waals surface area contributed by atoms with E-state index in [1.54, 1.807) is 11.3 Å². The van der Waals surface area contributed by atoms with Crippen LogP contribution in [0.2, 0.25) is 0 Å². The molecule has 1 amide bonds. The van der Waals surface area contributed by atoms with Gasteiger partial charge < -0.3 is 16.0 Å². The maximum Gasteiger partial charge on any atom is 0.251 e. The lowest BCUT2D eigenvalue weighted by atomic mass is 10.1. The van der Waals surface area contributed by atoms with Crippen molar-refractivity contribution >= 4 is 47.2 Å². The fraction of sp³-hybridized carbons (Fsp3) is 0.333. The Morgan fingerprint density at radius 2 is 1.92 bits per heavy atom. The molecule has 0 unspecified atom stereocenters. The van der Waals surface area contributed by atoms with Gasteiger partial charge in [-0.3, -0.25) is 4.79 Å². The number of amides is 1. The molecule has 1 aromatic heterocycles. The second-order valence-corrected chi connectivity index (χ2v) is 6.36. The summed E-state index contributed by atoms with van der Waals surface area (Å²) in [5.74, 6) is 0.705. The maximum atomic E-state index is 12.1. The van der Waals surface area contributed by atoms with Gasteiger partial charge in [0, 0.05) is 30.1 Å². The number of nitrogens with zero attached hydrogens (tertiary/aromatic N) is 1. The molecule has 0 aliphatic rings. The summed E-state index contributed by atoms with van der Waals surface area (Å²) in [5, 5.41) is 11.4. The average molecular weight is 472 g/mol. The van der Waals surface area contributed by atoms with Gasteiger partial charge in [-0.15, -0.1) is 35.3 Å². The number of thiophene rings is 1. The highest BCUT2D eigenvalue weighted by Gasteiger charge is 2.04. The average Bonchev–Trinajstić information content (AvgIpc) is 3.09. The van der Waals surface area contributed by atoms with Gasteiger partial charge in [0.1, 0.15) is 0 Å². The second-order valence-electron chi connectivity index (χ2n) is 5.33. The van der Waals surface area contributed by atoms with Crippen LogP contribution in [0.1, 0.15) is 27.7 Å². The largest absolute Gasteiger partial charge is 0.357 e. The van der Waals surface area contributed by atoms with Crippen molar-refractivity contribution in [3.8, 4) is 0 Å². The summed E-state index contributed by atoms with van der Waals surface area (Å²) in [6.45, 7) is 6.62. The molecule has 3 N–H and O–H groups in total. The summed E-state index contributed by atoms with van der Waals surface area (Å²) >= 11 is 1.69. The predicted molar refractivity (Wildman–Crippen MR) is 116 cm³/mol. The number of carbonyl (C=O) groups excluding carboxylic acids is 1. The molecule has 2 aromatic rings. The minimum absolute atomic E-state index is 0. The van der Waals surface area contributed by atoms with E-state index in [-0.39, 0.29) is 29.9 Å². The van der Waals surface area contributed by atoms with Crippen molar-refractivity contribution in [2.24, 2.45) is 4.99 Å². The standard InChI is InChI=1S/C18H24N4OS.HI/c1-3-19-18(22-13-16-8-5-11-24-16)21-10-9-20-17(23)15-7-4-6-14(2)12-15;/h4-8,11-12H,3,9-10,13H2,1-2H3,(H,20,23)(H2,19,21,22);1H. The molecule has 136 valence electrons. The molecule has 2 rings (SSSR count). The number of aliphatic imine (C=N–C) groups is 1. The number of nitrogens with one attached hydrogen (secondary N) is 3. The maximum absolute atomic E-state index is 12.1. The third-order valence-electron chi connectivity index (χ3n) is 3.30. The Balaban J connectivity index is 0.00000312. The lowest BCUT2D eigenvalue weighted by Crippen LogP contribution is -2.41. The molecule has 0 fully saturated rings. The number of aryl methyl sites for hydroxylation is 1. The monoisotopic (exact) mass is 472 g/mol. The Kier molecular flexibility index (Phi) is 10.2. The highest BCUT2D eigenvalue weighted by atomic mass is 127. The fourth-order valence-electron chi connectivity index (χ4n) is 2.15. The number of hydrogen-bond donors (Lipinski definition) is 3. The highest BCUT2D eigenvalue weighted by Crippen LogP contribution is 2.09. The zero-order chi connectivity index (χ0) is 17.2. The van der Waals surface area contributed by atoms with Crippen molar-refractivity contribution < 1.29 is 4.79 Å². The van der Waals surface area contributed by atoms with Crippen LogP contribution in [-0.2, 0) is 6.54 Å². The molecule has 0 radical (unpaired) electrons. The van der Waals surface area contributed by atoms with Crippen molar-refractivity contribution in [1.82, 2.24) is 16.0 Å². The van der Waals surface area contributed by atoms with Crippen LogP contribution in [0.5, 0.6) is 0 Å². The fourth-order valence-corrected chi connectivity index (χ4v) is 2.77. The zero-order valence-electron chi connectivity index (χ0n) is 14.5. The van der Waals surface area contributed by atoms with Gasteiger partial charge in [-0.2, -0.15) is 0 Å². The number of guanidine groups is 1. The molecule has 5 nitrogen and oxygen atoms in total. The van der Waals surface area contributed by atoms with Crippen LogP contribution in [0, 0.1) is 6.92 Å². The minimum atomic E-state index is -0.0546. The van der Waals surface area contributed by atoms with Crippen LogP contribution in [0.15, 0.2) is 46.8 Å². The van der Waals surface area contributed by atoms with E-state index in [0.29, 0.717) is 25.2 Å². The van der Waals surface area contributed by atoms with E-state index >= 15 is 0 Å². The van der Waals surface area contributed by atoms with Gasteiger partial charge in [-0.1, -0.05) is 23.8 Å². The van der Waals surface area contributed by atoms with Crippen LogP contribution in [-0.4, -0.2) is 31.5 Å². The minimum Gasteiger partial charge on any atom is -0.357 e. The Hall–Kier alpha value is -1.61. The van der Waals surface area contributed by atoms with Crippen LogP contribution in [0.3, 0.4) is 0 Å². The third kappa shape index (κ3) is 7.87. The molecule has 1 heterocycles. The SMILES string of the molecule is CCNC(=NCc1cccs1)NCCNC(=O)c1cccc(C)c1.I. The molecule has 0 aliphatic carbocycles. The summed E-state index contributed by atoms with van der Waals surface area (Å²) in [5.41, 5.74) is 1.77. The van der Waals surface area contributed by atoms with Gasteiger partial charge in [-0.25, -0.2) is 4.99 Å². The molecular formula is C18H25IN4OS. The van der Waals surface area contributed by atoms with Crippen molar-refractivity contribution in [2.75, 3.05) is 19.6 Å². The Labute approximate surface area is 170 Å². The van der Waals surface area contributed by atoms with E-state index < -0.39 is 0 Å². The summed E-state index contributed by atoms with van der Waals surface area (Å²) in [6, 6.07) is 11.7. The smallest absolute Gasteiger partial charge is 0.251 e. The van der Waals surface area contributed by atoms with Gasteiger partial charge in [0.05, 0.1) is 6.54 Å². The van der Waals surface area contributed by atoms with Gasteiger partial charge >= 0.3 is 0 Å². The Morgan fingerprint density at radius 1 is 1.12 bits per heavy atom. The molecule has 0 saturated heterocycles. The predicted octanol–water partition coefficient (Wildman–Crippen LogP) is 3.16. The van der Waals surface area contributed by atoms with Crippen molar-refractivity contribution in [3.63, 3.8) is 0 Å². The van der Waals surface area contributed by atoms with E-state index in [4.69, 9.17) is 0 Å². The first kappa shape index (κ1) is 21.4. The highest BCUT2D eigenvalue weighted by molar-refractivity contribution is 14.0. The molecule has 1 aromatic carbocycles. The molecular weight excluding hydrogens is 447 g/mol. The summed E-state index contributed by atoms with van der Waals surface area (Å²) in [7, 11) is 0. The molecule has 0 bridgehead atoms. The zero-order valence-corrected chi connectivity index (χ0v) is 17.7. The van der Waals surface area contributed by atoms with Crippen molar-refractivity contribution in [2.45, 2.75) is 20.4 Å². The Bertz CT molecular complexity index is 673. The van der Waals surface area contributed by atoms with Crippen molar-refractivity contribution in [3.05, 3.63) is 57.8 Å². The molecule has 0 aliphatic heterocycles. The van der Waals surface area contributed by atoms with Crippen molar-refractivity contribution in [1.29, 1.82) is 0 Å². The van der Waals surface area contributed by atoms with Gasteiger partial charge in [-0.05, 0) is 37.4 Å². The molecule has 25 heavy (non-hydrogen) atoms. The second kappa shape index (κ2) is 11.9. The van der Waals surface area contributed by atoms with E-state index in [9.17, 15) is 4.79 Å². The number of rotatable bonds is 7. The number of halogens is 1. The first-order chi connectivity index (χ1) is 11.7.